The number of hydrogen-bond donors (Lipinski definition) is 2. The van der Waals surface area contributed by atoms with Crippen molar-refractivity contribution < 1.29 is 14.4 Å². The summed E-state index contributed by atoms with van der Waals surface area (Å²) in [7, 11) is 1.51. The van der Waals surface area contributed by atoms with E-state index in [0.29, 0.717) is 24.4 Å². The molecule has 8 heteroatoms. The Labute approximate surface area is 142 Å². The van der Waals surface area contributed by atoms with Crippen molar-refractivity contribution in [3.8, 4) is 5.75 Å². The standard InChI is InChI=1S/C17H16N4O4/c1-21-13(8-7-11-5-3-2-4-6-11)20-14(15(22)17(21)24)16(23)19-12-9-18-25-10-12/h2-6,9-10,22H,7-8H2,1H3,(H,19,23). The Hall–Kier alpha value is -3.42. The summed E-state index contributed by atoms with van der Waals surface area (Å²) in [5.41, 5.74) is 0.388. The van der Waals surface area contributed by atoms with Gasteiger partial charge in [0.15, 0.2) is 5.69 Å². The Kier molecular flexibility index (Phi) is 4.60. The number of benzene rings is 1. The SMILES string of the molecule is Cn1c(CCc2ccccc2)nc(C(=O)Nc2cnoc2)c(O)c1=O. The first-order valence-electron chi connectivity index (χ1n) is 7.60. The highest BCUT2D eigenvalue weighted by Gasteiger charge is 2.20. The van der Waals surface area contributed by atoms with E-state index in [1.165, 1.54) is 24.1 Å². The topological polar surface area (TPSA) is 110 Å². The summed E-state index contributed by atoms with van der Waals surface area (Å²) in [5.74, 6) is -0.999. The van der Waals surface area contributed by atoms with Crippen LogP contribution in [0.3, 0.4) is 0 Å². The molecule has 0 spiro atoms. The van der Waals surface area contributed by atoms with Crippen LogP contribution < -0.4 is 10.9 Å². The summed E-state index contributed by atoms with van der Waals surface area (Å²) in [6.45, 7) is 0. The monoisotopic (exact) mass is 340 g/mol. The minimum absolute atomic E-state index is 0.303. The maximum Gasteiger partial charge on any atom is 0.296 e. The number of carbonyl (C=O) groups is 1. The van der Waals surface area contributed by atoms with Crippen LogP contribution in [-0.4, -0.2) is 25.7 Å². The number of nitrogens with one attached hydrogen (secondary N) is 1. The van der Waals surface area contributed by atoms with Gasteiger partial charge in [-0.25, -0.2) is 4.98 Å². The number of carbonyl (C=O) groups excluding carboxylic acids is 1. The number of nitrogens with zero attached hydrogens (tertiary/aromatic N) is 3. The first kappa shape index (κ1) is 16.4. The Balaban J connectivity index is 1.87. The molecule has 1 amide bonds. The third-order valence-corrected chi connectivity index (χ3v) is 3.74. The molecule has 25 heavy (non-hydrogen) atoms. The molecule has 1 aromatic carbocycles. The predicted molar refractivity (Wildman–Crippen MR) is 89.4 cm³/mol. The molecule has 0 bridgehead atoms. The molecule has 0 fully saturated rings. The van der Waals surface area contributed by atoms with Gasteiger partial charge in [-0.1, -0.05) is 35.5 Å². The normalized spacial score (nSPS) is 10.6. The van der Waals surface area contributed by atoms with Gasteiger partial charge in [-0.3, -0.25) is 14.2 Å². The van der Waals surface area contributed by atoms with Crippen LogP contribution in [0.2, 0.25) is 0 Å². The summed E-state index contributed by atoms with van der Waals surface area (Å²) in [4.78, 5) is 28.6. The summed E-state index contributed by atoms with van der Waals surface area (Å²) in [6, 6.07) is 9.72. The fraction of sp³-hybridized carbons (Fsp3) is 0.176. The Bertz CT molecular complexity index is 933. The molecule has 3 aromatic rings. The second-order valence-corrected chi connectivity index (χ2v) is 5.44. The number of anilines is 1. The summed E-state index contributed by atoms with van der Waals surface area (Å²) in [5, 5.41) is 15.9. The van der Waals surface area contributed by atoms with E-state index in [9.17, 15) is 14.7 Å². The fourth-order valence-corrected chi connectivity index (χ4v) is 2.37. The van der Waals surface area contributed by atoms with Gasteiger partial charge in [0.2, 0.25) is 5.75 Å². The van der Waals surface area contributed by atoms with Gasteiger partial charge in [0, 0.05) is 13.5 Å². The van der Waals surface area contributed by atoms with Crippen LogP contribution in [0.5, 0.6) is 5.75 Å². The first-order valence-corrected chi connectivity index (χ1v) is 7.60. The lowest BCUT2D eigenvalue weighted by atomic mass is 10.1. The Morgan fingerprint density at radius 3 is 2.72 bits per heavy atom. The van der Waals surface area contributed by atoms with E-state index >= 15 is 0 Å². The number of hydrogen-bond acceptors (Lipinski definition) is 6. The van der Waals surface area contributed by atoms with Crippen LogP contribution in [0, 0.1) is 0 Å². The maximum atomic E-state index is 12.3. The van der Waals surface area contributed by atoms with E-state index in [2.05, 4.69) is 20.0 Å². The number of amides is 1. The van der Waals surface area contributed by atoms with E-state index < -0.39 is 17.2 Å². The molecular weight excluding hydrogens is 324 g/mol. The zero-order valence-electron chi connectivity index (χ0n) is 13.5. The molecule has 0 aliphatic rings. The van der Waals surface area contributed by atoms with Crippen molar-refractivity contribution in [2.24, 2.45) is 7.05 Å². The van der Waals surface area contributed by atoms with Crippen LogP contribution in [0.15, 0.2) is 52.1 Å². The van der Waals surface area contributed by atoms with Crippen LogP contribution >= 0.6 is 0 Å². The van der Waals surface area contributed by atoms with Crippen molar-refractivity contribution in [1.29, 1.82) is 0 Å². The molecule has 2 heterocycles. The Morgan fingerprint density at radius 1 is 1.28 bits per heavy atom. The molecule has 0 saturated carbocycles. The fourth-order valence-electron chi connectivity index (χ4n) is 2.37. The van der Waals surface area contributed by atoms with Crippen molar-refractivity contribution in [3.63, 3.8) is 0 Å². The van der Waals surface area contributed by atoms with Crippen molar-refractivity contribution >= 4 is 11.6 Å². The molecule has 2 aromatic heterocycles. The largest absolute Gasteiger partial charge is 0.501 e. The number of aromatic hydroxyl groups is 1. The molecule has 0 saturated heterocycles. The average molecular weight is 340 g/mol. The molecule has 0 atom stereocenters. The van der Waals surface area contributed by atoms with Gasteiger partial charge in [-0.15, -0.1) is 0 Å². The lowest BCUT2D eigenvalue weighted by molar-refractivity contribution is 0.101. The van der Waals surface area contributed by atoms with Crippen LogP contribution in [-0.2, 0) is 19.9 Å². The number of aryl methyl sites for hydroxylation is 2. The van der Waals surface area contributed by atoms with Gasteiger partial charge < -0.3 is 14.9 Å². The zero-order chi connectivity index (χ0) is 17.8. The van der Waals surface area contributed by atoms with Gasteiger partial charge in [0.05, 0.1) is 6.20 Å². The lowest BCUT2D eigenvalue weighted by Crippen LogP contribution is -2.27. The highest BCUT2D eigenvalue weighted by Crippen LogP contribution is 2.14. The van der Waals surface area contributed by atoms with Gasteiger partial charge in [0.1, 0.15) is 17.8 Å². The molecule has 8 nitrogen and oxygen atoms in total. The average Bonchev–Trinajstić information content (AvgIpc) is 3.13. The molecule has 128 valence electrons. The number of rotatable bonds is 5. The third kappa shape index (κ3) is 3.57. The minimum atomic E-state index is -0.709. The molecule has 0 aliphatic carbocycles. The van der Waals surface area contributed by atoms with Gasteiger partial charge >= 0.3 is 0 Å². The second-order valence-electron chi connectivity index (χ2n) is 5.44. The lowest BCUT2D eigenvalue weighted by Gasteiger charge is -2.11. The first-order chi connectivity index (χ1) is 12.1. The minimum Gasteiger partial charge on any atom is -0.501 e. The highest BCUT2D eigenvalue weighted by atomic mass is 16.5. The molecular formula is C17H16N4O4. The summed E-state index contributed by atoms with van der Waals surface area (Å²) in [6.07, 6.45) is 3.63. The maximum absolute atomic E-state index is 12.3. The van der Waals surface area contributed by atoms with E-state index in [4.69, 9.17) is 0 Å². The van der Waals surface area contributed by atoms with E-state index in [1.807, 2.05) is 30.3 Å². The van der Waals surface area contributed by atoms with Crippen LogP contribution in [0.25, 0.3) is 0 Å². The van der Waals surface area contributed by atoms with E-state index in [1.54, 1.807) is 0 Å². The van der Waals surface area contributed by atoms with Crippen LogP contribution in [0.4, 0.5) is 5.69 Å². The van der Waals surface area contributed by atoms with Crippen molar-refractivity contribution in [1.82, 2.24) is 14.7 Å². The van der Waals surface area contributed by atoms with E-state index in [-0.39, 0.29) is 5.69 Å². The highest BCUT2D eigenvalue weighted by molar-refractivity contribution is 6.04. The van der Waals surface area contributed by atoms with E-state index in [0.717, 1.165) is 5.56 Å². The van der Waals surface area contributed by atoms with Gasteiger partial charge in [-0.2, -0.15) is 0 Å². The second kappa shape index (κ2) is 7.00. The predicted octanol–water partition coefficient (Wildman–Crippen LogP) is 1.51. The zero-order valence-corrected chi connectivity index (χ0v) is 13.5. The molecule has 0 unspecified atom stereocenters. The summed E-state index contributed by atoms with van der Waals surface area (Å²) < 4.78 is 5.87. The number of aromatic nitrogens is 3. The van der Waals surface area contributed by atoms with Crippen LogP contribution in [0.1, 0.15) is 21.9 Å². The quantitative estimate of drug-likeness (QED) is 0.728. The van der Waals surface area contributed by atoms with Crippen molar-refractivity contribution in [2.75, 3.05) is 5.32 Å². The molecule has 0 radical (unpaired) electrons. The summed E-state index contributed by atoms with van der Waals surface area (Å²) >= 11 is 0. The third-order valence-electron chi connectivity index (χ3n) is 3.74. The van der Waals surface area contributed by atoms with Crippen molar-refractivity contribution in [2.45, 2.75) is 12.8 Å². The molecule has 2 N–H and O–H groups in total. The molecule has 0 aliphatic heterocycles. The van der Waals surface area contributed by atoms with Gasteiger partial charge in [0.25, 0.3) is 11.5 Å². The smallest absolute Gasteiger partial charge is 0.296 e. The van der Waals surface area contributed by atoms with Crippen molar-refractivity contribution in [3.05, 3.63) is 70.2 Å². The van der Waals surface area contributed by atoms with Gasteiger partial charge in [-0.05, 0) is 12.0 Å². The molecule has 3 rings (SSSR count). The Morgan fingerprint density at radius 2 is 2.04 bits per heavy atom.